The number of hydrazine groups is 1. The van der Waals surface area contributed by atoms with Gasteiger partial charge in [-0.25, -0.2) is 5.01 Å². The van der Waals surface area contributed by atoms with Crippen LogP contribution < -0.4 is 40.2 Å². The van der Waals surface area contributed by atoms with Crippen molar-refractivity contribution in [3.8, 4) is 0 Å². The summed E-state index contributed by atoms with van der Waals surface area (Å²) in [5.74, 6) is 0. The molecule has 0 saturated carbocycles. The summed E-state index contributed by atoms with van der Waals surface area (Å²) in [6.07, 6.45) is 0. The second-order valence-corrected chi connectivity index (χ2v) is 3.14. The molecule has 1 heterocycles. The summed E-state index contributed by atoms with van der Waals surface area (Å²) in [4.78, 5) is 0. The summed E-state index contributed by atoms with van der Waals surface area (Å²) < 4.78 is 0. The van der Waals surface area contributed by atoms with Crippen molar-refractivity contribution in [1.82, 2.24) is 20.7 Å². The molecule has 4 nitrogen and oxygen atoms in total. The first-order valence-corrected chi connectivity index (χ1v) is 3.96. The van der Waals surface area contributed by atoms with E-state index in [1.54, 1.807) is 0 Å². The smallest absolute Gasteiger partial charge is 1.00 e. The van der Waals surface area contributed by atoms with Crippen LogP contribution in [0.4, 0.5) is 0 Å². The molecule has 1 aliphatic heterocycles. The molecule has 0 amide bonds. The zero-order valence-electron chi connectivity index (χ0n) is 8.42. The topological polar surface area (TPSA) is 30.5 Å². The molecule has 0 aromatic heterocycles. The molecule has 0 aromatic rings. The Balaban J connectivity index is 0. The molecular formula is C5H11N4NaS2. The van der Waals surface area contributed by atoms with Gasteiger partial charge in [-0.05, 0) is 24.4 Å². The summed E-state index contributed by atoms with van der Waals surface area (Å²) in [7, 11) is 3.84. The van der Waals surface area contributed by atoms with Crippen LogP contribution in [0.5, 0.6) is 0 Å². The molecule has 1 saturated heterocycles. The van der Waals surface area contributed by atoms with Gasteiger partial charge in [-0.2, -0.15) is 0 Å². The molecule has 0 aromatic carbocycles. The van der Waals surface area contributed by atoms with Crippen LogP contribution in [-0.4, -0.2) is 41.0 Å². The van der Waals surface area contributed by atoms with Gasteiger partial charge in [-0.3, -0.25) is 5.01 Å². The van der Waals surface area contributed by atoms with Gasteiger partial charge in [0, 0.05) is 14.1 Å². The molecule has 64 valence electrons. The predicted octanol–water partition coefficient (Wildman–Crippen LogP) is -3.40. The monoisotopic (exact) mass is 214 g/mol. The average molecular weight is 214 g/mol. The second-order valence-electron chi connectivity index (χ2n) is 2.34. The van der Waals surface area contributed by atoms with Crippen molar-refractivity contribution in [3.63, 3.8) is 0 Å². The van der Waals surface area contributed by atoms with Crippen molar-refractivity contribution in [1.29, 1.82) is 0 Å². The first-order valence-electron chi connectivity index (χ1n) is 3.15. The summed E-state index contributed by atoms with van der Waals surface area (Å²) >= 11 is 9.89. The van der Waals surface area contributed by atoms with Gasteiger partial charge in [0.2, 0.25) is 0 Å². The van der Waals surface area contributed by atoms with E-state index in [-0.39, 0.29) is 31.0 Å². The Bertz CT molecular complexity index is 201. The Morgan fingerprint density at radius 3 is 2.50 bits per heavy atom. The van der Waals surface area contributed by atoms with E-state index < -0.39 is 0 Å². The van der Waals surface area contributed by atoms with Gasteiger partial charge in [-0.15, -0.1) is 0 Å². The number of hydrogen-bond donors (Lipinski definition) is 2. The van der Waals surface area contributed by atoms with E-state index >= 15 is 0 Å². The quantitative estimate of drug-likeness (QED) is 0.350. The standard InChI is InChI=1S/C5H10N4S2.Na.H/c1-8(2)9-3-6-4(10)7-5(9)11;;/h3H2,1-2H3,(H2,6,7,10,11);;/q;+1;-1. The Morgan fingerprint density at radius 1 is 1.50 bits per heavy atom. The van der Waals surface area contributed by atoms with Crippen LogP contribution in [0.2, 0.25) is 0 Å². The van der Waals surface area contributed by atoms with Crippen molar-refractivity contribution in [3.05, 3.63) is 0 Å². The second kappa shape index (κ2) is 5.31. The van der Waals surface area contributed by atoms with Gasteiger partial charge in [-0.1, -0.05) is 0 Å². The Hall–Kier alpha value is 0.540. The first kappa shape index (κ1) is 12.5. The van der Waals surface area contributed by atoms with Crippen LogP contribution in [0, 0.1) is 0 Å². The van der Waals surface area contributed by atoms with Crippen LogP contribution in [0.25, 0.3) is 0 Å². The van der Waals surface area contributed by atoms with Crippen LogP contribution in [0.1, 0.15) is 1.43 Å². The minimum atomic E-state index is 0. The first-order chi connectivity index (χ1) is 5.11. The van der Waals surface area contributed by atoms with Gasteiger partial charge >= 0.3 is 29.6 Å². The van der Waals surface area contributed by atoms with Crippen LogP contribution in [-0.2, 0) is 0 Å². The number of nitrogens with zero attached hydrogens (tertiary/aromatic N) is 2. The van der Waals surface area contributed by atoms with Crippen molar-refractivity contribution < 1.29 is 31.0 Å². The molecular weight excluding hydrogens is 203 g/mol. The van der Waals surface area contributed by atoms with Crippen molar-refractivity contribution in [2.24, 2.45) is 0 Å². The van der Waals surface area contributed by atoms with E-state index in [4.69, 9.17) is 24.4 Å². The molecule has 1 fully saturated rings. The largest absolute Gasteiger partial charge is 1.00 e. The maximum Gasteiger partial charge on any atom is 1.00 e. The molecule has 0 aliphatic carbocycles. The molecule has 0 radical (unpaired) electrons. The molecule has 12 heavy (non-hydrogen) atoms. The molecule has 2 N–H and O–H groups in total. The normalized spacial score (nSPS) is 16.8. The summed E-state index contributed by atoms with van der Waals surface area (Å²) in [5, 5.41) is 10.8. The summed E-state index contributed by atoms with van der Waals surface area (Å²) in [6.45, 7) is 0.637. The SMILES string of the molecule is CN(C)N1CNC(=S)NC1=S.[H-].[Na+]. The van der Waals surface area contributed by atoms with E-state index in [0.717, 1.165) is 0 Å². The van der Waals surface area contributed by atoms with Gasteiger partial charge < -0.3 is 12.1 Å². The third kappa shape index (κ3) is 3.12. The van der Waals surface area contributed by atoms with E-state index in [0.29, 0.717) is 16.9 Å². The molecule has 1 aliphatic rings. The van der Waals surface area contributed by atoms with Crippen molar-refractivity contribution in [2.45, 2.75) is 0 Å². The maximum absolute atomic E-state index is 5.03. The zero-order chi connectivity index (χ0) is 8.43. The van der Waals surface area contributed by atoms with Gasteiger partial charge in [0.15, 0.2) is 10.2 Å². The zero-order valence-corrected chi connectivity index (χ0v) is 11.1. The Kier molecular flexibility index (Phi) is 5.55. The number of rotatable bonds is 1. The number of thiocarbonyl (C=S) groups is 2. The fourth-order valence-electron chi connectivity index (χ4n) is 0.747. The van der Waals surface area contributed by atoms with Crippen LogP contribution >= 0.6 is 24.4 Å². The van der Waals surface area contributed by atoms with Crippen molar-refractivity contribution >= 4 is 34.7 Å². The third-order valence-electron chi connectivity index (χ3n) is 1.33. The van der Waals surface area contributed by atoms with E-state index in [1.165, 1.54) is 0 Å². The molecule has 0 spiro atoms. The molecule has 7 heteroatoms. The summed E-state index contributed by atoms with van der Waals surface area (Å²) in [5.41, 5.74) is 0. The average Bonchev–Trinajstić information content (AvgIpc) is 1.85. The Labute approximate surface area is 106 Å². The fourth-order valence-corrected chi connectivity index (χ4v) is 1.30. The molecule has 0 unspecified atom stereocenters. The van der Waals surface area contributed by atoms with E-state index in [1.807, 2.05) is 24.1 Å². The minimum Gasteiger partial charge on any atom is -1.00 e. The van der Waals surface area contributed by atoms with Crippen LogP contribution in [0.3, 0.4) is 0 Å². The molecule has 1 rings (SSSR count). The molecule has 0 bridgehead atoms. The van der Waals surface area contributed by atoms with E-state index in [9.17, 15) is 0 Å². The minimum absolute atomic E-state index is 0. The van der Waals surface area contributed by atoms with Gasteiger partial charge in [0.1, 0.15) is 6.67 Å². The third-order valence-corrected chi connectivity index (χ3v) is 1.89. The van der Waals surface area contributed by atoms with E-state index in [2.05, 4.69) is 10.6 Å². The maximum atomic E-state index is 5.03. The fraction of sp³-hybridized carbons (Fsp3) is 0.600. The Morgan fingerprint density at radius 2 is 2.08 bits per heavy atom. The number of nitrogens with one attached hydrogen (secondary N) is 2. The predicted molar refractivity (Wildman–Crippen MR) is 53.0 cm³/mol. The van der Waals surface area contributed by atoms with Crippen LogP contribution in [0.15, 0.2) is 0 Å². The van der Waals surface area contributed by atoms with Crippen molar-refractivity contribution in [2.75, 3.05) is 20.8 Å². The summed E-state index contributed by atoms with van der Waals surface area (Å²) in [6, 6.07) is 0. The van der Waals surface area contributed by atoms with Gasteiger partial charge in [0.25, 0.3) is 0 Å². The number of hydrogen-bond acceptors (Lipinski definition) is 3. The van der Waals surface area contributed by atoms with Gasteiger partial charge in [0.05, 0.1) is 0 Å². The molecule has 0 atom stereocenters.